The quantitative estimate of drug-likeness (QED) is 0.507. The van der Waals surface area contributed by atoms with Crippen molar-refractivity contribution in [2.24, 2.45) is 5.41 Å². The smallest absolute Gasteiger partial charge is 0.265 e. The maximum absolute atomic E-state index is 12.7. The van der Waals surface area contributed by atoms with E-state index in [2.05, 4.69) is 26.0 Å². The molecule has 1 aliphatic carbocycles. The maximum atomic E-state index is 12.7. The SMILES string of the molecule is CC(C)c1cc(SC#N)c(=O)n(CC2(COCc3ccccc3)CC2)c1. The van der Waals surface area contributed by atoms with Crippen molar-refractivity contribution in [3.8, 4) is 5.40 Å². The molecule has 26 heavy (non-hydrogen) atoms. The number of ether oxygens (including phenoxy) is 1. The summed E-state index contributed by atoms with van der Waals surface area (Å²) < 4.78 is 7.73. The largest absolute Gasteiger partial charge is 0.376 e. The molecule has 1 heterocycles. The zero-order chi connectivity index (χ0) is 18.6. The second-order valence-electron chi connectivity index (χ2n) is 7.40. The molecule has 4 nitrogen and oxygen atoms in total. The van der Waals surface area contributed by atoms with Crippen LogP contribution in [0.15, 0.2) is 52.3 Å². The van der Waals surface area contributed by atoms with Gasteiger partial charge < -0.3 is 9.30 Å². The fraction of sp³-hybridized carbons (Fsp3) is 0.429. The molecular formula is C21H24N2O2S. The van der Waals surface area contributed by atoms with Gasteiger partial charge in [-0.25, -0.2) is 0 Å². The molecule has 1 aliphatic rings. The molecule has 136 valence electrons. The standard InChI is InChI=1S/C21H24N2O2S/c1-16(2)18-10-19(26-15-22)20(24)23(11-18)13-21(8-9-21)14-25-12-17-6-4-3-5-7-17/h3-7,10-11,16H,8-9,12-14H2,1-2H3. The number of pyridine rings is 1. The van der Waals surface area contributed by atoms with Gasteiger partial charge in [0.15, 0.2) is 0 Å². The van der Waals surface area contributed by atoms with E-state index in [0.717, 1.165) is 35.7 Å². The Bertz CT molecular complexity index is 849. The van der Waals surface area contributed by atoms with E-state index >= 15 is 0 Å². The van der Waals surface area contributed by atoms with Gasteiger partial charge in [0.1, 0.15) is 5.40 Å². The average Bonchev–Trinajstić information content (AvgIpc) is 3.39. The van der Waals surface area contributed by atoms with E-state index in [9.17, 15) is 4.79 Å². The molecule has 0 spiro atoms. The molecule has 2 aromatic rings. The fourth-order valence-corrected chi connectivity index (χ4v) is 3.53. The van der Waals surface area contributed by atoms with Crippen LogP contribution in [-0.4, -0.2) is 11.2 Å². The number of thiocyanates is 1. The topological polar surface area (TPSA) is 55.0 Å². The van der Waals surface area contributed by atoms with Crippen molar-refractivity contribution in [2.75, 3.05) is 6.61 Å². The minimum absolute atomic E-state index is 0.0444. The number of rotatable bonds is 8. The zero-order valence-corrected chi connectivity index (χ0v) is 16.1. The molecule has 1 fully saturated rings. The molecule has 0 atom stereocenters. The van der Waals surface area contributed by atoms with Crippen LogP contribution in [-0.2, 0) is 17.9 Å². The number of benzene rings is 1. The first-order valence-corrected chi connectivity index (χ1v) is 9.77. The van der Waals surface area contributed by atoms with E-state index in [4.69, 9.17) is 10.00 Å². The zero-order valence-electron chi connectivity index (χ0n) is 15.3. The molecule has 1 aromatic carbocycles. The van der Waals surface area contributed by atoms with Crippen molar-refractivity contribution in [1.29, 1.82) is 5.26 Å². The van der Waals surface area contributed by atoms with Crippen molar-refractivity contribution in [2.45, 2.75) is 50.7 Å². The lowest BCUT2D eigenvalue weighted by Gasteiger charge is -2.19. The highest BCUT2D eigenvalue weighted by Crippen LogP contribution is 2.47. The minimum Gasteiger partial charge on any atom is -0.376 e. The molecule has 0 saturated heterocycles. The highest BCUT2D eigenvalue weighted by molar-refractivity contribution is 8.03. The molecule has 0 unspecified atom stereocenters. The van der Waals surface area contributed by atoms with Gasteiger partial charge in [-0.1, -0.05) is 44.2 Å². The minimum atomic E-state index is -0.0738. The summed E-state index contributed by atoms with van der Waals surface area (Å²) in [6.07, 6.45) is 4.09. The van der Waals surface area contributed by atoms with Crippen molar-refractivity contribution >= 4 is 11.8 Å². The summed E-state index contributed by atoms with van der Waals surface area (Å²) in [5, 5.41) is 11.0. The van der Waals surface area contributed by atoms with Gasteiger partial charge >= 0.3 is 0 Å². The average molecular weight is 369 g/mol. The first-order valence-electron chi connectivity index (χ1n) is 8.95. The van der Waals surface area contributed by atoms with E-state index in [0.29, 0.717) is 30.6 Å². The number of thioether (sulfide) groups is 1. The first-order chi connectivity index (χ1) is 12.5. The predicted octanol–water partition coefficient (Wildman–Crippen LogP) is 4.54. The summed E-state index contributed by atoms with van der Waals surface area (Å²) in [5.41, 5.74) is 2.22. The lowest BCUT2D eigenvalue weighted by atomic mass is 10.0. The van der Waals surface area contributed by atoms with E-state index in [1.165, 1.54) is 0 Å². The van der Waals surface area contributed by atoms with Crippen LogP contribution in [0.2, 0.25) is 0 Å². The molecular weight excluding hydrogens is 344 g/mol. The van der Waals surface area contributed by atoms with Crippen LogP contribution in [0.3, 0.4) is 0 Å². The van der Waals surface area contributed by atoms with Crippen molar-refractivity contribution in [3.05, 3.63) is 64.1 Å². The van der Waals surface area contributed by atoms with E-state index in [1.54, 1.807) is 4.57 Å². The normalized spacial score (nSPS) is 15.0. The summed E-state index contributed by atoms with van der Waals surface area (Å²) in [4.78, 5) is 13.2. The van der Waals surface area contributed by atoms with Gasteiger partial charge in [-0.2, -0.15) is 5.26 Å². The second-order valence-corrected chi connectivity index (χ2v) is 8.22. The van der Waals surface area contributed by atoms with Gasteiger partial charge in [0, 0.05) is 18.2 Å². The van der Waals surface area contributed by atoms with Gasteiger partial charge in [0.2, 0.25) is 0 Å². The summed E-state index contributed by atoms with van der Waals surface area (Å²) in [7, 11) is 0. The number of aromatic nitrogens is 1. The molecule has 3 rings (SSSR count). The summed E-state index contributed by atoms with van der Waals surface area (Å²) in [5.74, 6) is 0.310. The van der Waals surface area contributed by atoms with Crippen LogP contribution in [0.1, 0.15) is 43.7 Å². The molecule has 1 aromatic heterocycles. The Morgan fingerprint density at radius 1 is 1.31 bits per heavy atom. The lowest BCUT2D eigenvalue weighted by molar-refractivity contribution is 0.0709. The fourth-order valence-electron chi connectivity index (χ4n) is 3.03. The third kappa shape index (κ3) is 4.57. The first kappa shape index (κ1) is 18.8. The van der Waals surface area contributed by atoms with Crippen LogP contribution in [0, 0.1) is 16.1 Å². The molecule has 0 amide bonds. The van der Waals surface area contributed by atoms with Crippen LogP contribution >= 0.6 is 11.8 Å². The Hall–Kier alpha value is -2.03. The van der Waals surface area contributed by atoms with Gasteiger partial charge in [-0.05, 0) is 47.7 Å². The Kier molecular flexibility index (Phi) is 5.85. The third-order valence-electron chi connectivity index (χ3n) is 4.88. The summed E-state index contributed by atoms with van der Waals surface area (Å²) in [6, 6.07) is 12.0. The van der Waals surface area contributed by atoms with Crippen LogP contribution in [0.5, 0.6) is 0 Å². The molecule has 0 bridgehead atoms. The van der Waals surface area contributed by atoms with Crippen LogP contribution in [0.25, 0.3) is 0 Å². The van der Waals surface area contributed by atoms with E-state index in [1.807, 2.05) is 35.9 Å². The van der Waals surface area contributed by atoms with Crippen molar-refractivity contribution in [1.82, 2.24) is 4.57 Å². The molecule has 0 aliphatic heterocycles. The Balaban J connectivity index is 1.71. The molecule has 0 radical (unpaired) electrons. The third-order valence-corrected chi connectivity index (χ3v) is 5.48. The van der Waals surface area contributed by atoms with Gasteiger partial charge in [0.25, 0.3) is 5.56 Å². The second kappa shape index (κ2) is 8.11. The Morgan fingerprint density at radius 3 is 2.65 bits per heavy atom. The molecule has 0 N–H and O–H groups in total. The van der Waals surface area contributed by atoms with Crippen LogP contribution in [0.4, 0.5) is 0 Å². The number of hydrogen-bond donors (Lipinski definition) is 0. The predicted molar refractivity (Wildman–Crippen MR) is 104 cm³/mol. The number of hydrogen-bond acceptors (Lipinski definition) is 4. The van der Waals surface area contributed by atoms with Crippen LogP contribution < -0.4 is 5.56 Å². The Morgan fingerprint density at radius 2 is 2.04 bits per heavy atom. The monoisotopic (exact) mass is 368 g/mol. The highest BCUT2D eigenvalue weighted by Gasteiger charge is 2.43. The number of nitrogens with zero attached hydrogens (tertiary/aromatic N) is 2. The highest BCUT2D eigenvalue weighted by atomic mass is 32.2. The summed E-state index contributed by atoms with van der Waals surface area (Å²) >= 11 is 0.950. The van der Waals surface area contributed by atoms with Gasteiger partial charge in [-0.15, -0.1) is 0 Å². The van der Waals surface area contributed by atoms with E-state index < -0.39 is 0 Å². The lowest BCUT2D eigenvalue weighted by Crippen LogP contribution is -2.28. The van der Waals surface area contributed by atoms with Gasteiger partial charge in [-0.3, -0.25) is 4.79 Å². The van der Waals surface area contributed by atoms with Crippen molar-refractivity contribution < 1.29 is 4.74 Å². The van der Waals surface area contributed by atoms with Crippen molar-refractivity contribution in [3.63, 3.8) is 0 Å². The summed E-state index contributed by atoms with van der Waals surface area (Å²) in [6.45, 7) is 6.10. The number of nitriles is 1. The van der Waals surface area contributed by atoms with E-state index in [-0.39, 0.29) is 11.0 Å². The van der Waals surface area contributed by atoms with Gasteiger partial charge in [0.05, 0.1) is 18.1 Å². The Labute approximate surface area is 158 Å². The molecule has 1 saturated carbocycles. The molecule has 5 heteroatoms. The maximum Gasteiger partial charge on any atom is 0.265 e.